The monoisotopic (exact) mass is 330 g/mol. The van der Waals surface area contributed by atoms with E-state index in [4.69, 9.17) is 23.2 Å². The van der Waals surface area contributed by atoms with E-state index in [9.17, 15) is 9.90 Å². The largest absolute Gasteiger partial charge is 0.388 e. The lowest BCUT2D eigenvalue weighted by Gasteiger charge is -2.26. The molecule has 6 heteroatoms. The van der Waals surface area contributed by atoms with E-state index in [2.05, 4.69) is 10.6 Å². The summed E-state index contributed by atoms with van der Waals surface area (Å²) < 4.78 is 0. The second kappa shape index (κ2) is 7.34. The number of urea groups is 1. The van der Waals surface area contributed by atoms with Crippen molar-refractivity contribution in [2.45, 2.75) is 44.1 Å². The molecule has 21 heavy (non-hydrogen) atoms. The number of amides is 2. The van der Waals surface area contributed by atoms with Gasteiger partial charge in [-0.3, -0.25) is 0 Å². The minimum absolute atomic E-state index is 0.264. The molecule has 0 unspecified atom stereocenters. The third-order valence-corrected chi connectivity index (χ3v) is 4.53. The van der Waals surface area contributed by atoms with E-state index in [1.54, 1.807) is 18.2 Å². The molecule has 2 amide bonds. The summed E-state index contributed by atoms with van der Waals surface area (Å²) in [7, 11) is 0. The van der Waals surface area contributed by atoms with Gasteiger partial charge in [-0.25, -0.2) is 4.79 Å². The number of nitrogens with one attached hydrogen (secondary N) is 2. The Labute approximate surface area is 134 Å². The Kier molecular flexibility index (Phi) is 5.73. The number of rotatable bonds is 3. The Balaban J connectivity index is 1.85. The standard InChI is InChI=1S/C15H20Cl2N2O2/c16-12-6-5-11(9-13(12)17)19-14(20)18-10-15(21)7-3-1-2-4-8-15/h5-6,9,21H,1-4,7-8,10H2,(H2,18,19,20). The van der Waals surface area contributed by atoms with Crippen LogP contribution in [0.25, 0.3) is 0 Å². The maximum absolute atomic E-state index is 11.9. The molecule has 0 bridgehead atoms. The topological polar surface area (TPSA) is 61.4 Å². The highest BCUT2D eigenvalue weighted by atomic mass is 35.5. The van der Waals surface area contributed by atoms with Crippen molar-refractivity contribution in [2.75, 3.05) is 11.9 Å². The van der Waals surface area contributed by atoms with Gasteiger partial charge in [0.2, 0.25) is 0 Å². The molecule has 0 spiro atoms. The summed E-state index contributed by atoms with van der Waals surface area (Å²) in [5.41, 5.74) is -0.222. The normalized spacial score (nSPS) is 17.9. The van der Waals surface area contributed by atoms with Crippen LogP contribution in [-0.4, -0.2) is 23.3 Å². The first-order valence-electron chi connectivity index (χ1n) is 7.21. The number of aliphatic hydroxyl groups is 1. The minimum atomic E-state index is -0.786. The highest BCUT2D eigenvalue weighted by Crippen LogP contribution is 2.27. The van der Waals surface area contributed by atoms with Gasteiger partial charge in [-0.15, -0.1) is 0 Å². The van der Waals surface area contributed by atoms with Crippen molar-refractivity contribution < 1.29 is 9.90 Å². The van der Waals surface area contributed by atoms with Crippen LogP contribution in [-0.2, 0) is 0 Å². The van der Waals surface area contributed by atoms with Crippen molar-refractivity contribution in [3.8, 4) is 0 Å². The lowest BCUT2D eigenvalue weighted by Crippen LogP contribution is -2.44. The van der Waals surface area contributed by atoms with Crippen molar-refractivity contribution in [3.63, 3.8) is 0 Å². The van der Waals surface area contributed by atoms with Gasteiger partial charge in [0.05, 0.1) is 15.6 Å². The van der Waals surface area contributed by atoms with E-state index >= 15 is 0 Å². The maximum atomic E-state index is 11.9. The van der Waals surface area contributed by atoms with Crippen LogP contribution in [0.15, 0.2) is 18.2 Å². The molecule has 0 aromatic heterocycles. The van der Waals surface area contributed by atoms with Gasteiger partial charge in [0.25, 0.3) is 0 Å². The van der Waals surface area contributed by atoms with Crippen LogP contribution in [0.5, 0.6) is 0 Å². The molecule has 0 saturated heterocycles. The van der Waals surface area contributed by atoms with E-state index in [0.717, 1.165) is 38.5 Å². The number of hydrogen-bond donors (Lipinski definition) is 3. The van der Waals surface area contributed by atoms with Crippen molar-refractivity contribution in [2.24, 2.45) is 0 Å². The fraction of sp³-hybridized carbons (Fsp3) is 0.533. The average Bonchev–Trinajstić information content (AvgIpc) is 2.66. The summed E-state index contributed by atoms with van der Waals surface area (Å²) in [6, 6.07) is 4.53. The molecule has 1 aliphatic carbocycles. The smallest absolute Gasteiger partial charge is 0.319 e. The Morgan fingerprint density at radius 1 is 1.14 bits per heavy atom. The van der Waals surface area contributed by atoms with Crippen molar-refractivity contribution >= 4 is 34.9 Å². The average molecular weight is 331 g/mol. The van der Waals surface area contributed by atoms with Gasteiger partial charge in [0.1, 0.15) is 0 Å². The number of halogens is 2. The maximum Gasteiger partial charge on any atom is 0.319 e. The van der Waals surface area contributed by atoms with Gasteiger partial charge in [0, 0.05) is 12.2 Å². The molecule has 1 fully saturated rings. The molecule has 4 nitrogen and oxygen atoms in total. The second-order valence-corrected chi connectivity index (χ2v) is 6.39. The molecule has 0 heterocycles. The molecule has 0 atom stereocenters. The van der Waals surface area contributed by atoms with Gasteiger partial charge in [-0.05, 0) is 31.0 Å². The Hall–Kier alpha value is -0.970. The Morgan fingerprint density at radius 3 is 2.43 bits per heavy atom. The quantitative estimate of drug-likeness (QED) is 0.727. The molecule has 1 saturated carbocycles. The van der Waals surface area contributed by atoms with E-state index < -0.39 is 5.60 Å². The number of anilines is 1. The van der Waals surface area contributed by atoms with Crippen LogP contribution >= 0.6 is 23.2 Å². The Morgan fingerprint density at radius 2 is 1.81 bits per heavy atom. The predicted octanol–water partition coefficient (Wildman–Crippen LogP) is 4.20. The van der Waals surface area contributed by atoms with Crippen LogP contribution in [0.4, 0.5) is 10.5 Å². The van der Waals surface area contributed by atoms with E-state index in [1.807, 2.05) is 0 Å². The highest BCUT2D eigenvalue weighted by molar-refractivity contribution is 6.42. The zero-order valence-electron chi connectivity index (χ0n) is 11.8. The van der Waals surface area contributed by atoms with Crippen LogP contribution in [0.1, 0.15) is 38.5 Å². The fourth-order valence-corrected chi connectivity index (χ4v) is 2.86. The molecule has 3 N–H and O–H groups in total. The van der Waals surface area contributed by atoms with Gasteiger partial charge in [-0.1, -0.05) is 48.9 Å². The van der Waals surface area contributed by atoms with Crippen LogP contribution < -0.4 is 10.6 Å². The zero-order chi connectivity index (χ0) is 15.3. The predicted molar refractivity (Wildman–Crippen MR) is 86.1 cm³/mol. The summed E-state index contributed by atoms with van der Waals surface area (Å²) in [6.07, 6.45) is 5.79. The fourth-order valence-electron chi connectivity index (χ4n) is 2.56. The first-order chi connectivity index (χ1) is 9.98. The van der Waals surface area contributed by atoms with Gasteiger partial charge in [0.15, 0.2) is 0 Å². The number of benzene rings is 1. The molecule has 0 radical (unpaired) electrons. The summed E-state index contributed by atoms with van der Waals surface area (Å²) in [5.74, 6) is 0. The molecule has 1 aliphatic rings. The number of hydrogen-bond acceptors (Lipinski definition) is 2. The summed E-state index contributed by atoms with van der Waals surface area (Å²) in [4.78, 5) is 11.9. The molecular formula is C15H20Cl2N2O2. The van der Waals surface area contributed by atoms with Crippen molar-refractivity contribution in [1.82, 2.24) is 5.32 Å². The molecular weight excluding hydrogens is 311 g/mol. The molecule has 1 aromatic carbocycles. The molecule has 2 rings (SSSR count). The molecule has 1 aromatic rings. The summed E-state index contributed by atoms with van der Waals surface area (Å²) >= 11 is 11.7. The van der Waals surface area contributed by atoms with Crippen molar-refractivity contribution in [1.29, 1.82) is 0 Å². The van der Waals surface area contributed by atoms with Gasteiger partial charge < -0.3 is 15.7 Å². The second-order valence-electron chi connectivity index (χ2n) is 5.58. The third kappa shape index (κ3) is 5.06. The minimum Gasteiger partial charge on any atom is -0.388 e. The van der Waals surface area contributed by atoms with E-state index in [1.165, 1.54) is 0 Å². The molecule has 0 aliphatic heterocycles. The van der Waals surface area contributed by atoms with Crippen LogP contribution in [0, 0.1) is 0 Å². The van der Waals surface area contributed by atoms with E-state index in [-0.39, 0.29) is 12.6 Å². The van der Waals surface area contributed by atoms with Gasteiger partial charge in [-0.2, -0.15) is 0 Å². The summed E-state index contributed by atoms with van der Waals surface area (Å²) in [6.45, 7) is 0.264. The number of carbonyl (C=O) groups is 1. The number of carbonyl (C=O) groups excluding carboxylic acids is 1. The van der Waals surface area contributed by atoms with E-state index in [0.29, 0.717) is 15.7 Å². The van der Waals surface area contributed by atoms with Crippen LogP contribution in [0.3, 0.4) is 0 Å². The molecule has 116 valence electrons. The first kappa shape index (κ1) is 16.4. The zero-order valence-corrected chi connectivity index (χ0v) is 13.3. The van der Waals surface area contributed by atoms with Crippen molar-refractivity contribution in [3.05, 3.63) is 28.2 Å². The SMILES string of the molecule is O=C(NCC1(O)CCCCCC1)Nc1ccc(Cl)c(Cl)c1. The first-order valence-corrected chi connectivity index (χ1v) is 7.96. The lowest BCUT2D eigenvalue weighted by atomic mass is 9.95. The van der Waals surface area contributed by atoms with Crippen LogP contribution in [0.2, 0.25) is 10.0 Å². The Bertz CT molecular complexity index is 500. The van der Waals surface area contributed by atoms with Gasteiger partial charge >= 0.3 is 6.03 Å². The summed E-state index contributed by atoms with van der Waals surface area (Å²) in [5, 5.41) is 16.7. The third-order valence-electron chi connectivity index (χ3n) is 3.79. The highest BCUT2D eigenvalue weighted by Gasteiger charge is 2.28. The lowest BCUT2D eigenvalue weighted by molar-refractivity contribution is 0.0281.